The molecule has 2 aromatic rings. The van der Waals surface area contributed by atoms with Crippen LogP contribution in [0.25, 0.3) is 10.9 Å². The highest BCUT2D eigenvalue weighted by Crippen LogP contribution is 2.29. The zero-order valence-corrected chi connectivity index (χ0v) is 16.1. The molecule has 1 aliphatic heterocycles. The van der Waals surface area contributed by atoms with Gasteiger partial charge in [-0.15, -0.1) is 0 Å². The number of amides is 1. The Morgan fingerprint density at radius 3 is 2.73 bits per heavy atom. The van der Waals surface area contributed by atoms with Crippen LogP contribution >= 0.6 is 15.9 Å². The number of aromatic nitrogens is 1. The number of pyridine rings is 1. The van der Waals surface area contributed by atoms with Crippen LogP contribution in [0.5, 0.6) is 0 Å². The zero-order chi connectivity index (χ0) is 18.1. The fraction of sp³-hybridized carbons (Fsp3) is 0.450. The van der Waals surface area contributed by atoms with Crippen LogP contribution in [0.2, 0.25) is 0 Å². The minimum absolute atomic E-state index is 0.0943. The lowest BCUT2D eigenvalue weighted by Crippen LogP contribution is -2.41. The summed E-state index contributed by atoms with van der Waals surface area (Å²) in [6.07, 6.45) is 4.17. The van der Waals surface area contributed by atoms with E-state index in [9.17, 15) is 10.1 Å². The third kappa shape index (κ3) is 3.68. The molecule has 134 valence electrons. The van der Waals surface area contributed by atoms with E-state index >= 15 is 0 Å². The lowest BCUT2D eigenvalue weighted by Gasteiger charge is -2.32. The summed E-state index contributed by atoms with van der Waals surface area (Å²) < 4.78 is 0.939. The predicted octanol–water partition coefficient (Wildman–Crippen LogP) is 3.61. The van der Waals surface area contributed by atoms with E-state index in [4.69, 9.17) is 4.98 Å². The van der Waals surface area contributed by atoms with Gasteiger partial charge in [0.15, 0.2) is 0 Å². The van der Waals surface area contributed by atoms with E-state index in [0.717, 1.165) is 53.7 Å². The highest BCUT2D eigenvalue weighted by atomic mass is 79.9. The van der Waals surface area contributed by atoms with Gasteiger partial charge >= 0.3 is 0 Å². The number of carbonyl (C=O) groups is 1. The number of nitrogens with zero attached hydrogens (tertiary/aromatic N) is 3. The topological polar surface area (TPSA) is 69.0 Å². The van der Waals surface area contributed by atoms with Gasteiger partial charge in [-0.25, -0.2) is 4.98 Å². The molecule has 2 fully saturated rings. The largest absolute Gasteiger partial charge is 0.357 e. The Bertz CT molecular complexity index is 879. The summed E-state index contributed by atoms with van der Waals surface area (Å²) in [6, 6.07) is 9.95. The first-order chi connectivity index (χ1) is 12.6. The highest BCUT2D eigenvalue weighted by molar-refractivity contribution is 9.10. The van der Waals surface area contributed by atoms with Crippen molar-refractivity contribution in [3.05, 3.63) is 34.3 Å². The summed E-state index contributed by atoms with van der Waals surface area (Å²) in [5.74, 6) is 1.83. The molecule has 1 amide bonds. The van der Waals surface area contributed by atoms with E-state index in [2.05, 4.69) is 32.2 Å². The molecule has 1 aliphatic carbocycles. The second-order valence-electron chi connectivity index (χ2n) is 7.25. The average molecular weight is 413 g/mol. The lowest BCUT2D eigenvalue weighted by atomic mass is 9.95. The summed E-state index contributed by atoms with van der Waals surface area (Å²) in [5.41, 5.74) is 1.46. The Kier molecular flexibility index (Phi) is 4.82. The molecule has 2 heterocycles. The molecule has 26 heavy (non-hydrogen) atoms. The molecule has 1 saturated heterocycles. The number of rotatable bonds is 4. The van der Waals surface area contributed by atoms with Crippen LogP contribution in [0.1, 0.15) is 31.2 Å². The maximum Gasteiger partial charge on any atom is 0.223 e. The van der Waals surface area contributed by atoms with E-state index in [-0.39, 0.29) is 11.8 Å². The molecule has 6 heteroatoms. The van der Waals surface area contributed by atoms with Gasteiger partial charge in [-0.3, -0.25) is 4.79 Å². The van der Waals surface area contributed by atoms with Crippen molar-refractivity contribution in [1.82, 2.24) is 10.3 Å². The first-order valence-corrected chi connectivity index (χ1v) is 9.96. The van der Waals surface area contributed by atoms with E-state index in [1.165, 1.54) is 12.8 Å². The van der Waals surface area contributed by atoms with Crippen LogP contribution in [-0.2, 0) is 4.79 Å². The van der Waals surface area contributed by atoms with Crippen LogP contribution in [0.15, 0.2) is 28.7 Å². The monoisotopic (exact) mass is 412 g/mol. The quantitative estimate of drug-likeness (QED) is 0.832. The first-order valence-electron chi connectivity index (χ1n) is 9.17. The highest BCUT2D eigenvalue weighted by Gasteiger charge is 2.28. The van der Waals surface area contributed by atoms with Gasteiger partial charge in [0.25, 0.3) is 0 Å². The minimum atomic E-state index is 0.0943. The molecule has 0 unspecified atom stereocenters. The van der Waals surface area contributed by atoms with E-state index < -0.39 is 0 Å². The standard InChI is InChI=1S/C20H21BrN4O/c21-16-3-4-18-17(10-16)15(11-22)9-19(24-18)25-7-5-14(6-8-25)20(26)23-12-13-1-2-13/h3-4,9-10,13-14H,1-2,5-8,12H2,(H,23,26). The van der Waals surface area contributed by atoms with Gasteiger partial charge in [-0.1, -0.05) is 15.9 Å². The number of nitriles is 1. The summed E-state index contributed by atoms with van der Waals surface area (Å²) in [6.45, 7) is 2.43. The molecular formula is C20H21BrN4O. The van der Waals surface area contributed by atoms with Gasteiger partial charge < -0.3 is 10.2 Å². The molecule has 0 atom stereocenters. The van der Waals surface area contributed by atoms with Crippen LogP contribution in [0.4, 0.5) is 5.82 Å². The van der Waals surface area contributed by atoms with Crippen LogP contribution < -0.4 is 10.2 Å². The molecule has 4 rings (SSSR count). The summed E-state index contributed by atoms with van der Waals surface area (Å²) >= 11 is 3.45. The molecule has 0 bridgehead atoms. The molecule has 0 radical (unpaired) electrons. The zero-order valence-electron chi connectivity index (χ0n) is 14.5. The van der Waals surface area contributed by atoms with Crippen molar-refractivity contribution in [2.75, 3.05) is 24.5 Å². The van der Waals surface area contributed by atoms with Crippen molar-refractivity contribution in [2.24, 2.45) is 11.8 Å². The Morgan fingerprint density at radius 1 is 1.27 bits per heavy atom. The smallest absolute Gasteiger partial charge is 0.223 e. The predicted molar refractivity (Wildman–Crippen MR) is 105 cm³/mol. The molecule has 1 saturated carbocycles. The summed E-state index contributed by atoms with van der Waals surface area (Å²) in [4.78, 5) is 19.2. The number of halogens is 1. The maximum absolute atomic E-state index is 12.3. The second kappa shape index (κ2) is 7.24. The van der Waals surface area contributed by atoms with Gasteiger partial charge in [-0.2, -0.15) is 5.26 Å². The Hall–Kier alpha value is -2.13. The number of anilines is 1. The fourth-order valence-corrected chi connectivity index (χ4v) is 3.88. The number of hydrogen-bond acceptors (Lipinski definition) is 4. The van der Waals surface area contributed by atoms with Crippen molar-refractivity contribution in [1.29, 1.82) is 5.26 Å². The van der Waals surface area contributed by atoms with Gasteiger partial charge in [0.2, 0.25) is 5.91 Å². The van der Waals surface area contributed by atoms with E-state index in [1.54, 1.807) is 0 Å². The van der Waals surface area contributed by atoms with Gasteiger partial charge in [0, 0.05) is 35.4 Å². The number of fused-ring (bicyclic) bond motifs is 1. The van der Waals surface area contributed by atoms with Gasteiger partial charge in [-0.05, 0) is 55.9 Å². The molecule has 1 aromatic heterocycles. The van der Waals surface area contributed by atoms with E-state index in [0.29, 0.717) is 11.5 Å². The third-order valence-electron chi connectivity index (χ3n) is 5.33. The van der Waals surface area contributed by atoms with Crippen LogP contribution in [0.3, 0.4) is 0 Å². The Balaban J connectivity index is 1.46. The van der Waals surface area contributed by atoms with Crippen molar-refractivity contribution in [3.63, 3.8) is 0 Å². The number of hydrogen-bond donors (Lipinski definition) is 1. The lowest BCUT2D eigenvalue weighted by molar-refractivity contribution is -0.125. The number of piperidine rings is 1. The summed E-state index contributed by atoms with van der Waals surface area (Å²) in [7, 11) is 0. The van der Waals surface area contributed by atoms with Gasteiger partial charge in [0.05, 0.1) is 17.1 Å². The average Bonchev–Trinajstić information content (AvgIpc) is 3.50. The molecular weight excluding hydrogens is 392 g/mol. The Labute approximate surface area is 161 Å². The van der Waals surface area contributed by atoms with Crippen molar-refractivity contribution < 1.29 is 4.79 Å². The number of nitrogens with one attached hydrogen (secondary N) is 1. The fourth-order valence-electron chi connectivity index (χ4n) is 3.52. The third-order valence-corrected chi connectivity index (χ3v) is 5.82. The molecule has 0 spiro atoms. The van der Waals surface area contributed by atoms with Crippen molar-refractivity contribution in [3.8, 4) is 6.07 Å². The SMILES string of the molecule is N#Cc1cc(N2CCC(C(=O)NCC3CC3)CC2)nc2ccc(Br)cc12. The number of carbonyl (C=O) groups excluding carboxylic acids is 1. The summed E-state index contributed by atoms with van der Waals surface area (Å²) in [5, 5.41) is 13.5. The van der Waals surface area contributed by atoms with Crippen molar-refractivity contribution >= 4 is 38.6 Å². The molecule has 5 nitrogen and oxygen atoms in total. The number of benzene rings is 1. The minimum Gasteiger partial charge on any atom is -0.357 e. The normalized spacial score (nSPS) is 17.9. The van der Waals surface area contributed by atoms with Crippen LogP contribution in [0, 0.1) is 23.2 Å². The second-order valence-corrected chi connectivity index (χ2v) is 8.17. The first kappa shape index (κ1) is 17.3. The van der Waals surface area contributed by atoms with Gasteiger partial charge in [0.1, 0.15) is 5.82 Å². The Morgan fingerprint density at radius 2 is 2.04 bits per heavy atom. The van der Waals surface area contributed by atoms with Crippen molar-refractivity contribution in [2.45, 2.75) is 25.7 Å². The van der Waals surface area contributed by atoms with Crippen LogP contribution in [-0.4, -0.2) is 30.5 Å². The molecule has 1 N–H and O–H groups in total. The molecule has 1 aromatic carbocycles. The maximum atomic E-state index is 12.3. The molecule has 2 aliphatic rings. The van der Waals surface area contributed by atoms with E-state index in [1.807, 2.05) is 24.3 Å².